The second-order valence-electron chi connectivity index (χ2n) is 9.23. The molecule has 4 aromatic rings. The van der Waals surface area contributed by atoms with Crippen molar-refractivity contribution in [3.63, 3.8) is 0 Å². The number of rotatable bonds is 8. The molecule has 0 radical (unpaired) electrons. The molecular formula is C31H28N4O5. The minimum atomic E-state index is -0.408. The summed E-state index contributed by atoms with van der Waals surface area (Å²) in [7, 11) is 1.34. The van der Waals surface area contributed by atoms with Crippen LogP contribution < -0.4 is 15.0 Å². The van der Waals surface area contributed by atoms with Gasteiger partial charge in [-0.05, 0) is 60.2 Å². The molecule has 9 nitrogen and oxygen atoms in total. The van der Waals surface area contributed by atoms with Crippen molar-refractivity contribution in [1.29, 1.82) is 0 Å². The minimum absolute atomic E-state index is 0.0356. The molecule has 0 unspecified atom stereocenters. The fourth-order valence-corrected chi connectivity index (χ4v) is 4.38. The number of methoxy groups -OCH3 is 1. The largest absolute Gasteiger partial charge is 0.465 e. The number of aromatic nitrogens is 1. The van der Waals surface area contributed by atoms with Crippen molar-refractivity contribution in [1.82, 2.24) is 9.88 Å². The van der Waals surface area contributed by atoms with Gasteiger partial charge in [-0.1, -0.05) is 36.4 Å². The Morgan fingerprint density at radius 3 is 2.40 bits per heavy atom. The molecule has 1 N–H and O–H groups in total. The highest BCUT2D eigenvalue weighted by Gasteiger charge is 2.25. The second kappa shape index (κ2) is 12.1. The van der Waals surface area contributed by atoms with E-state index in [9.17, 15) is 14.4 Å². The van der Waals surface area contributed by atoms with Gasteiger partial charge in [-0.15, -0.1) is 0 Å². The van der Waals surface area contributed by atoms with E-state index in [2.05, 4.69) is 10.3 Å². The summed E-state index contributed by atoms with van der Waals surface area (Å²) in [6.45, 7) is 1.72. The molecule has 0 saturated carbocycles. The van der Waals surface area contributed by atoms with E-state index in [4.69, 9.17) is 9.47 Å². The van der Waals surface area contributed by atoms with Crippen LogP contribution in [0.25, 0.3) is 0 Å². The van der Waals surface area contributed by atoms with Crippen molar-refractivity contribution in [3.8, 4) is 11.5 Å². The molecule has 1 aliphatic heterocycles. The van der Waals surface area contributed by atoms with Gasteiger partial charge in [-0.25, -0.2) is 9.78 Å². The van der Waals surface area contributed by atoms with Gasteiger partial charge in [-0.3, -0.25) is 9.59 Å². The molecule has 0 spiro atoms. The number of nitrogens with one attached hydrogen (secondary N) is 1. The molecule has 40 heavy (non-hydrogen) atoms. The first kappa shape index (κ1) is 26.4. The topological polar surface area (TPSA) is 101 Å². The first-order valence-corrected chi connectivity index (χ1v) is 12.8. The van der Waals surface area contributed by atoms with Gasteiger partial charge in [0.1, 0.15) is 17.3 Å². The normalized spacial score (nSPS) is 13.1. The van der Waals surface area contributed by atoms with E-state index in [-0.39, 0.29) is 18.4 Å². The highest BCUT2D eigenvalue weighted by Crippen LogP contribution is 2.23. The maximum absolute atomic E-state index is 12.9. The molecular weight excluding hydrogens is 508 g/mol. The Balaban J connectivity index is 1.16. The summed E-state index contributed by atoms with van der Waals surface area (Å²) in [5.41, 5.74) is 2.31. The van der Waals surface area contributed by atoms with Crippen LogP contribution in [0.1, 0.15) is 26.3 Å². The van der Waals surface area contributed by atoms with Crippen molar-refractivity contribution in [3.05, 3.63) is 114 Å². The Labute approximate surface area is 232 Å². The monoisotopic (exact) mass is 536 g/mol. The summed E-state index contributed by atoms with van der Waals surface area (Å²) in [5.74, 6) is 1.17. The molecule has 2 amide bonds. The summed E-state index contributed by atoms with van der Waals surface area (Å²) in [5, 5.41) is 2.86. The molecule has 9 heteroatoms. The van der Waals surface area contributed by atoms with E-state index in [1.165, 1.54) is 7.11 Å². The lowest BCUT2D eigenvalue weighted by molar-refractivity contribution is -0.131. The first-order valence-electron chi connectivity index (χ1n) is 12.8. The van der Waals surface area contributed by atoms with Gasteiger partial charge < -0.3 is 24.6 Å². The van der Waals surface area contributed by atoms with E-state index < -0.39 is 5.97 Å². The molecule has 1 aromatic heterocycles. The number of pyridine rings is 1. The second-order valence-corrected chi connectivity index (χ2v) is 9.23. The van der Waals surface area contributed by atoms with E-state index in [1.54, 1.807) is 65.7 Å². The predicted octanol–water partition coefficient (Wildman–Crippen LogP) is 4.76. The van der Waals surface area contributed by atoms with Crippen molar-refractivity contribution >= 4 is 29.3 Å². The maximum atomic E-state index is 12.9. The number of hydrogen-bond acceptors (Lipinski definition) is 7. The summed E-state index contributed by atoms with van der Waals surface area (Å²) < 4.78 is 10.6. The van der Waals surface area contributed by atoms with E-state index >= 15 is 0 Å². The summed E-state index contributed by atoms with van der Waals surface area (Å²) >= 11 is 0. The number of benzene rings is 3. The van der Waals surface area contributed by atoms with Gasteiger partial charge in [0.2, 0.25) is 5.91 Å². The Morgan fingerprint density at radius 1 is 0.875 bits per heavy atom. The van der Waals surface area contributed by atoms with Crippen LogP contribution in [-0.4, -0.2) is 54.4 Å². The van der Waals surface area contributed by atoms with E-state index in [0.717, 1.165) is 5.56 Å². The Hall–Kier alpha value is -5.18. The molecule has 1 fully saturated rings. The predicted molar refractivity (Wildman–Crippen MR) is 151 cm³/mol. The van der Waals surface area contributed by atoms with Gasteiger partial charge in [0.25, 0.3) is 5.91 Å². The van der Waals surface area contributed by atoms with Crippen LogP contribution >= 0.6 is 0 Å². The van der Waals surface area contributed by atoms with Crippen molar-refractivity contribution in [2.24, 2.45) is 0 Å². The maximum Gasteiger partial charge on any atom is 0.337 e. The molecule has 1 aliphatic rings. The number of esters is 1. The fourth-order valence-electron chi connectivity index (χ4n) is 4.38. The lowest BCUT2D eigenvalue weighted by Crippen LogP contribution is -2.50. The SMILES string of the molecule is COC(=O)c1cccc(CN2CCN(c3ccc(NC(=O)c4cccc(Oc5ccccc5)c4)cn3)CC2=O)c1. The van der Waals surface area contributed by atoms with Crippen LogP contribution in [0.2, 0.25) is 0 Å². The number of amides is 2. The number of nitrogens with zero attached hydrogens (tertiary/aromatic N) is 3. The average Bonchev–Trinajstić information content (AvgIpc) is 2.99. The van der Waals surface area contributed by atoms with Gasteiger partial charge >= 0.3 is 5.97 Å². The highest BCUT2D eigenvalue weighted by molar-refractivity contribution is 6.04. The minimum Gasteiger partial charge on any atom is -0.465 e. The zero-order valence-corrected chi connectivity index (χ0v) is 21.9. The number of carbonyl (C=O) groups is 3. The highest BCUT2D eigenvalue weighted by atomic mass is 16.5. The zero-order chi connectivity index (χ0) is 27.9. The summed E-state index contributed by atoms with van der Waals surface area (Å²) in [4.78, 5) is 45.6. The lowest BCUT2D eigenvalue weighted by Gasteiger charge is -2.35. The van der Waals surface area contributed by atoms with Crippen LogP contribution in [0.5, 0.6) is 11.5 Å². The first-order chi connectivity index (χ1) is 19.5. The molecule has 2 heterocycles. The third kappa shape index (κ3) is 6.44. The van der Waals surface area contributed by atoms with Gasteiger partial charge in [-0.2, -0.15) is 0 Å². The number of ether oxygens (including phenoxy) is 2. The number of para-hydroxylation sites is 1. The van der Waals surface area contributed by atoms with Crippen molar-refractivity contribution < 1.29 is 23.9 Å². The van der Waals surface area contributed by atoms with Gasteiger partial charge in [0.15, 0.2) is 0 Å². The smallest absolute Gasteiger partial charge is 0.337 e. The summed E-state index contributed by atoms with van der Waals surface area (Å²) in [6.07, 6.45) is 1.58. The molecule has 0 bridgehead atoms. The van der Waals surface area contributed by atoms with Crippen molar-refractivity contribution in [2.45, 2.75) is 6.54 Å². The van der Waals surface area contributed by atoms with Gasteiger partial charge in [0.05, 0.1) is 31.1 Å². The molecule has 0 aliphatic carbocycles. The Bertz CT molecular complexity index is 1510. The Kier molecular flexibility index (Phi) is 8.01. The Morgan fingerprint density at radius 2 is 1.65 bits per heavy atom. The van der Waals surface area contributed by atoms with Crippen LogP contribution in [0.3, 0.4) is 0 Å². The quantitative estimate of drug-likeness (QED) is 0.324. The fraction of sp³-hybridized carbons (Fsp3) is 0.161. The van der Waals surface area contributed by atoms with Gasteiger partial charge in [0, 0.05) is 25.2 Å². The van der Waals surface area contributed by atoms with Crippen LogP contribution in [0.15, 0.2) is 97.2 Å². The third-order valence-corrected chi connectivity index (χ3v) is 6.45. The number of hydrogen-bond donors (Lipinski definition) is 1. The number of carbonyl (C=O) groups excluding carboxylic acids is 3. The van der Waals surface area contributed by atoms with E-state index in [0.29, 0.717) is 53.8 Å². The third-order valence-electron chi connectivity index (χ3n) is 6.45. The number of piperazine rings is 1. The van der Waals surface area contributed by atoms with Crippen molar-refractivity contribution in [2.75, 3.05) is 37.0 Å². The lowest BCUT2D eigenvalue weighted by atomic mass is 10.1. The molecule has 5 rings (SSSR count). The molecule has 0 atom stereocenters. The average molecular weight is 537 g/mol. The molecule has 202 valence electrons. The number of anilines is 2. The van der Waals surface area contributed by atoms with E-state index in [1.807, 2.05) is 41.3 Å². The van der Waals surface area contributed by atoms with Crippen LogP contribution in [-0.2, 0) is 16.1 Å². The molecule has 1 saturated heterocycles. The zero-order valence-electron chi connectivity index (χ0n) is 21.9. The standard InChI is InChI=1S/C31H28N4O5/c1-39-31(38)24-9-5-7-22(17-24)20-35-16-15-34(21-29(35)36)28-14-13-25(19-32-28)33-30(37)23-8-6-12-27(18-23)40-26-10-3-2-4-11-26/h2-14,17-19H,15-16,20-21H2,1H3,(H,33,37). The van der Waals surface area contributed by atoms with Crippen LogP contribution in [0, 0.1) is 0 Å². The molecule has 3 aromatic carbocycles. The van der Waals surface area contributed by atoms with Crippen LogP contribution in [0.4, 0.5) is 11.5 Å². The summed E-state index contributed by atoms with van der Waals surface area (Å²) in [6, 6.07) is 27.0.